The van der Waals surface area contributed by atoms with Crippen LogP contribution in [0.3, 0.4) is 0 Å². The first-order valence-corrected chi connectivity index (χ1v) is 5.19. The summed E-state index contributed by atoms with van der Waals surface area (Å²) in [6.45, 7) is 1.92. The zero-order valence-corrected chi connectivity index (χ0v) is 9.39. The first kappa shape index (κ1) is 11.8. The maximum absolute atomic E-state index is 9.80. The van der Waals surface area contributed by atoms with E-state index in [0.717, 1.165) is 0 Å². The average Bonchev–Trinajstić information content (AvgIpc) is 2.14. The summed E-state index contributed by atoms with van der Waals surface area (Å²) in [6, 6.07) is 4.68. The number of hydrogen-bond donors (Lipinski definition) is 2. The van der Waals surface area contributed by atoms with E-state index in [4.69, 9.17) is 28.9 Å². The van der Waals surface area contributed by atoms with Crippen LogP contribution in [0.4, 0.5) is 0 Å². The Hall–Kier alpha value is -0.280. The van der Waals surface area contributed by atoms with Gasteiger partial charge in [0.25, 0.3) is 0 Å². The van der Waals surface area contributed by atoms with E-state index >= 15 is 0 Å². The maximum atomic E-state index is 9.80. The molecule has 0 amide bonds. The summed E-state index contributed by atoms with van der Waals surface area (Å²) in [5.41, 5.74) is 6.38. The van der Waals surface area contributed by atoms with Crippen molar-refractivity contribution in [3.63, 3.8) is 0 Å². The molecule has 0 aliphatic heterocycles. The molecular formula is C10H13Cl2NO. The van der Waals surface area contributed by atoms with Gasteiger partial charge < -0.3 is 10.8 Å². The summed E-state index contributed by atoms with van der Waals surface area (Å²) in [5.74, 6) is 0. The van der Waals surface area contributed by atoms with Crippen molar-refractivity contribution in [1.29, 1.82) is 0 Å². The highest BCUT2D eigenvalue weighted by molar-refractivity contribution is 6.34. The third kappa shape index (κ3) is 2.85. The maximum Gasteiger partial charge on any atom is 0.0941 e. The number of rotatable bonds is 3. The van der Waals surface area contributed by atoms with Crippen LogP contribution in [0.15, 0.2) is 18.2 Å². The van der Waals surface area contributed by atoms with Crippen LogP contribution in [0.1, 0.15) is 25.0 Å². The molecule has 14 heavy (non-hydrogen) atoms. The molecule has 1 aromatic carbocycles. The summed E-state index contributed by atoms with van der Waals surface area (Å²) in [5, 5.41) is 10.8. The highest BCUT2D eigenvalue weighted by Crippen LogP contribution is 2.25. The van der Waals surface area contributed by atoms with Crippen molar-refractivity contribution >= 4 is 23.2 Å². The Balaban J connectivity index is 2.94. The molecule has 2 nitrogen and oxygen atoms in total. The molecule has 2 atom stereocenters. The van der Waals surface area contributed by atoms with E-state index in [2.05, 4.69) is 0 Å². The topological polar surface area (TPSA) is 46.2 Å². The third-order valence-corrected chi connectivity index (χ3v) is 2.54. The van der Waals surface area contributed by atoms with E-state index < -0.39 is 6.10 Å². The molecule has 0 bridgehead atoms. The fourth-order valence-corrected chi connectivity index (χ4v) is 1.76. The fourth-order valence-electron chi connectivity index (χ4n) is 1.22. The van der Waals surface area contributed by atoms with Crippen LogP contribution < -0.4 is 5.73 Å². The molecule has 0 fully saturated rings. The number of hydrogen-bond acceptors (Lipinski definition) is 2. The van der Waals surface area contributed by atoms with E-state index in [1.807, 2.05) is 6.92 Å². The minimum absolute atomic E-state index is 0.287. The highest BCUT2D eigenvalue weighted by atomic mass is 35.5. The molecule has 78 valence electrons. The SMILES string of the molecule is CCC(N)C(O)c1cc(Cl)cc(Cl)c1. The van der Waals surface area contributed by atoms with Crippen LogP contribution >= 0.6 is 23.2 Å². The van der Waals surface area contributed by atoms with Gasteiger partial charge in [0.15, 0.2) is 0 Å². The van der Waals surface area contributed by atoms with Gasteiger partial charge in [0.2, 0.25) is 0 Å². The molecule has 1 rings (SSSR count). The molecule has 0 spiro atoms. The van der Waals surface area contributed by atoms with Gasteiger partial charge in [-0.3, -0.25) is 0 Å². The number of aliphatic hydroxyl groups excluding tert-OH is 1. The largest absolute Gasteiger partial charge is 0.387 e. The van der Waals surface area contributed by atoms with Crippen molar-refractivity contribution in [1.82, 2.24) is 0 Å². The average molecular weight is 234 g/mol. The van der Waals surface area contributed by atoms with E-state index in [-0.39, 0.29) is 6.04 Å². The lowest BCUT2D eigenvalue weighted by Crippen LogP contribution is -2.27. The van der Waals surface area contributed by atoms with Gasteiger partial charge in [-0.1, -0.05) is 30.1 Å². The van der Waals surface area contributed by atoms with Crippen LogP contribution in [-0.4, -0.2) is 11.1 Å². The van der Waals surface area contributed by atoms with Gasteiger partial charge in [-0.2, -0.15) is 0 Å². The first-order valence-electron chi connectivity index (χ1n) is 4.44. The minimum Gasteiger partial charge on any atom is -0.387 e. The number of aliphatic hydroxyl groups is 1. The van der Waals surface area contributed by atoms with Crippen LogP contribution in [0, 0.1) is 0 Å². The Morgan fingerprint density at radius 1 is 1.29 bits per heavy atom. The standard InChI is InChI=1S/C10H13Cl2NO/c1-2-9(13)10(14)6-3-7(11)5-8(12)4-6/h3-5,9-10,14H,2,13H2,1H3. The van der Waals surface area contributed by atoms with Crippen molar-refractivity contribution < 1.29 is 5.11 Å². The summed E-state index contributed by atoms with van der Waals surface area (Å²) in [4.78, 5) is 0. The van der Waals surface area contributed by atoms with E-state index in [1.54, 1.807) is 18.2 Å². The van der Waals surface area contributed by atoms with Crippen LogP contribution in [-0.2, 0) is 0 Å². The smallest absolute Gasteiger partial charge is 0.0941 e. The summed E-state index contributed by atoms with van der Waals surface area (Å²) in [7, 11) is 0. The van der Waals surface area contributed by atoms with Crippen LogP contribution in [0.2, 0.25) is 10.0 Å². The second-order valence-electron chi connectivity index (χ2n) is 3.22. The van der Waals surface area contributed by atoms with Crippen molar-refractivity contribution in [2.24, 2.45) is 5.73 Å². The van der Waals surface area contributed by atoms with Gasteiger partial charge in [0.1, 0.15) is 0 Å². The molecule has 1 aromatic rings. The minimum atomic E-state index is -0.712. The fraction of sp³-hybridized carbons (Fsp3) is 0.400. The van der Waals surface area contributed by atoms with Crippen LogP contribution in [0.25, 0.3) is 0 Å². The summed E-state index contributed by atoms with van der Waals surface area (Å²) < 4.78 is 0. The molecule has 4 heteroatoms. The molecule has 0 aliphatic rings. The molecule has 0 aliphatic carbocycles. The van der Waals surface area contributed by atoms with E-state index in [9.17, 15) is 5.11 Å². The van der Waals surface area contributed by atoms with Crippen molar-refractivity contribution in [2.45, 2.75) is 25.5 Å². The van der Waals surface area contributed by atoms with Gasteiger partial charge >= 0.3 is 0 Å². The van der Waals surface area contributed by atoms with Gasteiger partial charge in [-0.15, -0.1) is 0 Å². The molecule has 0 radical (unpaired) electrons. The van der Waals surface area contributed by atoms with Crippen molar-refractivity contribution in [3.8, 4) is 0 Å². The molecule has 0 heterocycles. The summed E-state index contributed by atoms with van der Waals surface area (Å²) in [6.07, 6.45) is -0.0122. The Labute approximate surface area is 93.6 Å². The second kappa shape index (κ2) is 4.99. The quantitative estimate of drug-likeness (QED) is 0.844. The van der Waals surface area contributed by atoms with Gasteiger partial charge in [0, 0.05) is 16.1 Å². The third-order valence-electron chi connectivity index (χ3n) is 2.10. The Kier molecular flexibility index (Phi) is 4.20. The normalized spacial score (nSPS) is 15.2. The monoisotopic (exact) mass is 233 g/mol. The molecule has 0 saturated carbocycles. The van der Waals surface area contributed by atoms with Crippen LogP contribution in [0.5, 0.6) is 0 Å². The Bertz CT molecular complexity index is 297. The predicted octanol–water partition coefficient (Wildman–Crippen LogP) is 2.76. The van der Waals surface area contributed by atoms with E-state index in [1.165, 1.54) is 0 Å². The van der Waals surface area contributed by atoms with Crippen molar-refractivity contribution in [3.05, 3.63) is 33.8 Å². The molecule has 2 unspecified atom stereocenters. The van der Waals surface area contributed by atoms with Gasteiger partial charge in [0.05, 0.1) is 6.10 Å². The number of nitrogens with two attached hydrogens (primary N) is 1. The lowest BCUT2D eigenvalue weighted by Gasteiger charge is -2.17. The predicted molar refractivity (Wildman–Crippen MR) is 59.7 cm³/mol. The number of benzene rings is 1. The summed E-state index contributed by atoms with van der Waals surface area (Å²) >= 11 is 11.6. The lowest BCUT2D eigenvalue weighted by molar-refractivity contribution is 0.144. The van der Waals surface area contributed by atoms with E-state index in [0.29, 0.717) is 22.0 Å². The van der Waals surface area contributed by atoms with Gasteiger partial charge in [-0.25, -0.2) is 0 Å². The first-order chi connectivity index (χ1) is 6.54. The molecular weight excluding hydrogens is 221 g/mol. The highest BCUT2D eigenvalue weighted by Gasteiger charge is 2.15. The Morgan fingerprint density at radius 3 is 2.21 bits per heavy atom. The van der Waals surface area contributed by atoms with Crippen molar-refractivity contribution in [2.75, 3.05) is 0 Å². The zero-order valence-electron chi connectivity index (χ0n) is 7.87. The molecule has 0 aromatic heterocycles. The second-order valence-corrected chi connectivity index (χ2v) is 4.09. The molecule has 0 saturated heterocycles. The molecule has 3 N–H and O–H groups in total. The lowest BCUT2D eigenvalue weighted by atomic mass is 10.0. The van der Waals surface area contributed by atoms with Gasteiger partial charge in [-0.05, 0) is 30.2 Å². The number of halogens is 2. The Morgan fingerprint density at radius 2 is 1.79 bits per heavy atom. The zero-order chi connectivity index (χ0) is 10.7.